The average Bonchev–Trinajstić information content (AvgIpc) is 3.03. The maximum atomic E-state index is 12.8. The monoisotopic (exact) mass is 366 g/mol. The lowest BCUT2D eigenvalue weighted by molar-refractivity contribution is -0.148. The Bertz CT molecular complexity index is 872. The van der Waals surface area contributed by atoms with E-state index >= 15 is 0 Å². The van der Waals surface area contributed by atoms with Crippen molar-refractivity contribution in [3.05, 3.63) is 53.1 Å². The number of carbonyl (C=O) groups is 2. The second-order valence-corrected chi connectivity index (χ2v) is 5.61. The topological polar surface area (TPSA) is 88.3 Å². The number of aromatic carboxylic acids is 1. The van der Waals surface area contributed by atoms with Crippen LogP contribution in [0, 0.1) is 0 Å². The summed E-state index contributed by atoms with van der Waals surface area (Å²) in [5.74, 6) is -2.41. The van der Waals surface area contributed by atoms with Crippen LogP contribution in [0.5, 0.6) is 0 Å². The maximum absolute atomic E-state index is 12.8. The highest BCUT2D eigenvalue weighted by Gasteiger charge is 2.39. The fourth-order valence-electron chi connectivity index (χ4n) is 2.57. The van der Waals surface area contributed by atoms with E-state index in [1.807, 2.05) is 0 Å². The van der Waals surface area contributed by atoms with Gasteiger partial charge in [-0.05, 0) is 23.8 Å². The van der Waals surface area contributed by atoms with Gasteiger partial charge >= 0.3 is 12.1 Å². The van der Waals surface area contributed by atoms with Gasteiger partial charge in [0.1, 0.15) is 0 Å². The highest BCUT2D eigenvalue weighted by atomic mass is 19.4. The molecule has 1 aliphatic rings. The molecule has 2 heterocycles. The first-order valence-electron chi connectivity index (χ1n) is 7.55. The van der Waals surface area contributed by atoms with E-state index in [0.717, 1.165) is 4.57 Å². The molecule has 136 valence electrons. The van der Waals surface area contributed by atoms with Crippen LogP contribution in [0.15, 0.2) is 30.3 Å². The largest absolute Gasteiger partial charge is 0.478 e. The molecule has 26 heavy (non-hydrogen) atoms. The highest BCUT2D eigenvalue weighted by molar-refractivity contribution is 5.92. The molecule has 1 N–H and O–H groups in total. The Morgan fingerprint density at radius 2 is 1.81 bits per heavy atom. The summed E-state index contributed by atoms with van der Waals surface area (Å²) >= 11 is 0. The Morgan fingerprint density at radius 1 is 1.12 bits per heavy atom. The van der Waals surface area contributed by atoms with Crippen LogP contribution in [-0.2, 0) is 24.1 Å². The fraction of sp³-hybridized carbons (Fsp3) is 0.250. The molecule has 0 saturated heterocycles. The number of halogens is 3. The quantitative estimate of drug-likeness (QED) is 0.840. The van der Waals surface area contributed by atoms with E-state index < -0.39 is 18.0 Å². The Balaban J connectivity index is 1.68. The number of hydrogen-bond donors (Lipinski definition) is 1. The molecule has 0 bridgehead atoms. The van der Waals surface area contributed by atoms with Gasteiger partial charge in [-0.25, -0.2) is 4.79 Å². The first kappa shape index (κ1) is 17.6. The Hall–Kier alpha value is -3.17. The van der Waals surface area contributed by atoms with Crippen molar-refractivity contribution in [2.45, 2.75) is 19.3 Å². The normalized spacial score (nSPS) is 14.5. The van der Waals surface area contributed by atoms with Gasteiger partial charge in [-0.1, -0.05) is 12.1 Å². The second-order valence-electron chi connectivity index (χ2n) is 5.61. The van der Waals surface area contributed by atoms with Crippen molar-refractivity contribution in [1.29, 1.82) is 0 Å². The first-order chi connectivity index (χ1) is 12.3. The number of carboxylic acid groups (broad SMARTS) is 1. The molecular formula is C16H13F3N4O3. The van der Waals surface area contributed by atoms with Crippen LogP contribution in [-0.4, -0.2) is 43.2 Å². The molecule has 0 fully saturated rings. The van der Waals surface area contributed by atoms with Crippen molar-refractivity contribution in [3.8, 4) is 0 Å². The third-order valence-electron chi connectivity index (χ3n) is 3.89. The number of benzene rings is 1. The number of aromatic nitrogens is 3. The summed E-state index contributed by atoms with van der Waals surface area (Å²) in [5, 5.41) is 15.5. The number of carbonyl (C=O) groups excluding carboxylic acids is 1. The summed E-state index contributed by atoms with van der Waals surface area (Å²) in [4.78, 5) is 24.4. The minimum Gasteiger partial charge on any atom is -0.478 e. The Morgan fingerprint density at radius 3 is 2.42 bits per heavy atom. The SMILES string of the molecule is O=C(O)c1ccc(/C=C/C(=O)N2CCn3c(nnc3C(F)(F)F)C2)cc1. The number of fused-ring (bicyclic) bond motifs is 1. The van der Waals surface area contributed by atoms with E-state index in [1.165, 1.54) is 29.2 Å². The average molecular weight is 366 g/mol. The smallest absolute Gasteiger partial charge is 0.451 e. The zero-order valence-electron chi connectivity index (χ0n) is 13.3. The molecule has 3 rings (SSSR count). The minimum atomic E-state index is -4.58. The number of carboxylic acids is 1. The zero-order valence-corrected chi connectivity index (χ0v) is 13.3. The van der Waals surface area contributed by atoms with Gasteiger partial charge in [0.2, 0.25) is 11.7 Å². The number of nitrogens with zero attached hydrogens (tertiary/aromatic N) is 4. The van der Waals surface area contributed by atoms with Crippen molar-refractivity contribution in [3.63, 3.8) is 0 Å². The van der Waals surface area contributed by atoms with Gasteiger partial charge in [0.15, 0.2) is 5.82 Å². The maximum Gasteiger partial charge on any atom is 0.451 e. The molecule has 0 atom stereocenters. The van der Waals surface area contributed by atoms with Gasteiger partial charge in [-0.2, -0.15) is 13.2 Å². The summed E-state index contributed by atoms with van der Waals surface area (Å²) in [6.45, 7) is 0.00349. The number of rotatable bonds is 3. The van der Waals surface area contributed by atoms with Gasteiger partial charge in [-0.3, -0.25) is 4.79 Å². The predicted molar refractivity (Wildman–Crippen MR) is 82.9 cm³/mol. The number of alkyl halides is 3. The molecule has 0 aliphatic carbocycles. The summed E-state index contributed by atoms with van der Waals surface area (Å²) in [6, 6.07) is 5.92. The van der Waals surface area contributed by atoms with Gasteiger partial charge in [0, 0.05) is 19.2 Å². The van der Waals surface area contributed by atoms with E-state index in [0.29, 0.717) is 5.56 Å². The van der Waals surface area contributed by atoms with Crippen molar-refractivity contribution < 1.29 is 27.9 Å². The predicted octanol–water partition coefficient (Wildman–Crippen LogP) is 2.05. The molecule has 0 radical (unpaired) electrons. The highest BCUT2D eigenvalue weighted by Crippen LogP contribution is 2.29. The summed E-state index contributed by atoms with van der Waals surface area (Å²) < 4.78 is 39.4. The third kappa shape index (κ3) is 3.58. The molecule has 1 amide bonds. The van der Waals surface area contributed by atoms with Gasteiger partial charge in [0.25, 0.3) is 0 Å². The van der Waals surface area contributed by atoms with Crippen LogP contribution in [0.1, 0.15) is 27.6 Å². The molecule has 2 aromatic rings. The van der Waals surface area contributed by atoms with Crippen LogP contribution in [0.25, 0.3) is 6.08 Å². The molecule has 10 heteroatoms. The van der Waals surface area contributed by atoms with E-state index in [-0.39, 0.29) is 36.9 Å². The molecule has 1 aromatic heterocycles. The molecule has 0 saturated carbocycles. The first-order valence-corrected chi connectivity index (χ1v) is 7.55. The molecule has 1 aromatic carbocycles. The number of hydrogen-bond acceptors (Lipinski definition) is 4. The van der Waals surface area contributed by atoms with Crippen LogP contribution < -0.4 is 0 Å². The van der Waals surface area contributed by atoms with Crippen molar-refractivity contribution in [2.75, 3.05) is 6.54 Å². The third-order valence-corrected chi connectivity index (χ3v) is 3.89. The lowest BCUT2D eigenvalue weighted by atomic mass is 10.1. The van der Waals surface area contributed by atoms with Crippen LogP contribution in [0.4, 0.5) is 13.2 Å². The van der Waals surface area contributed by atoms with Gasteiger partial charge < -0.3 is 14.6 Å². The van der Waals surface area contributed by atoms with Crippen molar-refractivity contribution in [1.82, 2.24) is 19.7 Å². The van der Waals surface area contributed by atoms with E-state index in [9.17, 15) is 22.8 Å². The van der Waals surface area contributed by atoms with Crippen molar-refractivity contribution in [2.24, 2.45) is 0 Å². The Labute approximate surface area is 145 Å². The molecule has 0 unspecified atom stereocenters. The molecule has 0 spiro atoms. The Kier molecular flexibility index (Phi) is 4.49. The summed E-state index contributed by atoms with van der Waals surface area (Å²) in [7, 11) is 0. The van der Waals surface area contributed by atoms with Crippen LogP contribution in [0.3, 0.4) is 0 Å². The summed E-state index contributed by atoms with van der Waals surface area (Å²) in [5.41, 5.74) is 0.757. The van der Waals surface area contributed by atoms with Gasteiger partial charge in [-0.15, -0.1) is 10.2 Å². The molecular weight excluding hydrogens is 353 g/mol. The van der Waals surface area contributed by atoms with Crippen molar-refractivity contribution >= 4 is 18.0 Å². The lowest BCUT2D eigenvalue weighted by Gasteiger charge is -2.27. The minimum absolute atomic E-state index is 0.0376. The fourth-order valence-corrected chi connectivity index (χ4v) is 2.57. The molecule has 1 aliphatic heterocycles. The van der Waals surface area contributed by atoms with E-state index in [4.69, 9.17) is 5.11 Å². The second kappa shape index (κ2) is 6.62. The standard InChI is InChI=1S/C16H13F3N4O3/c17-16(18,19)15-21-20-12-9-22(7-8-23(12)15)13(24)6-3-10-1-4-11(5-2-10)14(25)26/h1-6H,7-9H2,(H,25,26)/b6-3+. The lowest BCUT2D eigenvalue weighted by Crippen LogP contribution is -2.38. The zero-order chi connectivity index (χ0) is 18.9. The molecule has 7 nitrogen and oxygen atoms in total. The van der Waals surface area contributed by atoms with Crippen LogP contribution in [0.2, 0.25) is 0 Å². The summed E-state index contributed by atoms with van der Waals surface area (Å²) in [6.07, 6.45) is -1.79. The van der Waals surface area contributed by atoms with E-state index in [2.05, 4.69) is 10.2 Å². The van der Waals surface area contributed by atoms with E-state index in [1.54, 1.807) is 12.1 Å². The number of amides is 1. The van der Waals surface area contributed by atoms with Crippen LogP contribution >= 0.6 is 0 Å². The van der Waals surface area contributed by atoms with Gasteiger partial charge in [0.05, 0.1) is 12.1 Å².